The van der Waals surface area contributed by atoms with E-state index in [1.54, 1.807) is 0 Å². The highest BCUT2D eigenvalue weighted by molar-refractivity contribution is 5.07. The highest BCUT2D eigenvalue weighted by Gasteiger charge is 2.19. The molecule has 78 valence electrons. The molecule has 3 heteroatoms. The van der Waals surface area contributed by atoms with Gasteiger partial charge in [-0.05, 0) is 18.8 Å². The van der Waals surface area contributed by atoms with Crippen molar-refractivity contribution in [1.82, 2.24) is 9.55 Å². The normalized spacial score (nSPS) is 20.9. The number of fused-ring (bicyclic) bond motifs is 1. The molecular formula is C11H18N2O. The van der Waals surface area contributed by atoms with Crippen LogP contribution in [0.2, 0.25) is 0 Å². The number of aliphatic hydroxyl groups excluding tert-OH is 1. The molecule has 1 unspecified atom stereocenters. The fourth-order valence-corrected chi connectivity index (χ4v) is 2.08. The Morgan fingerprint density at radius 2 is 2.50 bits per heavy atom. The monoisotopic (exact) mass is 194 g/mol. The first-order valence-corrected chi connectivity index (χ1v) is 5.49. The number of imidazole rings is 1. The molecule has 0 radical (unpaired) electrons. The average Bonchev–Trinajstić information content (AvgIpc) is 2.59. The molecule has 1 aliphatic rings. The number of nitrogens with zero attached hydrogens (tertiary/aromatic N) is 2. The summed E-state index contributed by atoms with van der Waals surface area (Å²) in [5.41, 5.74) is 1.21. The van der Waals surface area contributed by atoms with Crippen LogP contribution in [0.25, 0.3) is 0 Å². The lowest BCUT2D eigenvalue weighted by atomic mass is 9.99. The maximum absolute atomic E-state index is 9.09. The lowest BCUT2D eigenvalue weighted by Gasteiger charge is -2.20. The van der Waals surface area contributed by atoms with Gasteiger partial charge >= 0.3 is 0 Å². The van der Waals surface area contributed by atoms with E-state index in [1.807, 2.05) is 0 Å². The molecule has 0 saturated heterocycles. The smallest absolute Gasteiger partial charge is 0.109 e. The van der Waals surface area contributed by atoms with Gasteiger partial charge in [0.05, 0.1) is 5.69 Å². The van der Waals surface area contributed by atoms with Crippen LogP contribution in [0.4, 0.5) is 0 Å². The van der Waals surface area contributed by atoms with Gasteiger partial charge in [-0.2, -0.15) is 0 Å². The van der Waals surface area contributed by atoms with Crippen LogP contribution in [0.15, 0.2) is 6.20 Å². The fourth-order valence-electron chi connectivity index (χ4n) is 2.08. The van der Waals surface area contributed by atoms with Crippen molar-refractivity contribution in [3.05, 3.63) is 17.7 Å². The third kappa shape index (κ3) is 1.82. The Morgan fingerprint density at radius 3 is 3.21 bits per heavy atom. The molecule has 14 heavy (non-hydrogen) atoms. The van der Waals surface area contributed by atoms with Crippen molar-refractivity contribution in [2.45, 2.75) is 39.2 Å². The third-order valence-corrected chi connectivity index (χ3v) is 2.92. The van der Waals surface area contributed by atoms with Gasteiger partial charge in [0.25, 0.3) is 0 Å². The van der Waals surface area contributed by atoms with E-state index >= 15 is 0 Å². The van der Waals surface area contributed by atoms with Crippen LogP contribution in [0, 0.1) is 5.92 Å². The zero-order valence-electron chi connectivity index (χ0n) is 8.74. The summed E-state index contributed by atoms with van der Waals surface area (Å²) in [4.78, 5) is 4.59. The Balaban J connectivity index is 2.12. The second-order valence-corrected chi connectivity index (χ2v) is 4.13. The largest absolute Gasteiger partial charge is 0.396 e. The zero-order chi connectivity index (χ0) is 9.97. The van der Waals surface area contributed by atoms with Crippen molar-refractivity contribution < 1.29 is 5.11 Å². The molecule has 0 bridgehead atoms. The van der Waals surface area contributed by atoms with Gasteiger partial charge < -0.3 is 9.67 Å². The molecule has 0 spiro atoms. The zero-order valence-corrected chi connectivity index (χ0v) is 8.74. The van der Waals surface area contributed by atoms with Gasteiger partial charge in [0, 0.05) is 25.8 Å². The Hall–Kier alpha value is -0.830. The van der Waals surface area contributed by atoms with Gasteiger partial charge in [0.15, 0.2) is 0 Å². The lowest BCUT2D eigenvalue weighted by molar-refractivity contribution is 0.199. The Bertz CT molecular complexity index is 306. The average molecular weight is 194 g/mol. The van der Waals surface area contributed by atoms with Crippen molar-refractivity contribution in [1.29, 1.82) is 0 Å². The quantitative estimate of drug-likeness (QED) is 0.789. The maximum atomic E-state index is 9.09. The van der Waals surface area contributed by atoms with Gasteiger partial charge in [-0.25, -0.2) is 4.98 Å². The predicted molar refractivity (Wildman–Crippen MR) is 55.1 cm³/mol. The minimum Gasteiger partial charge on any atom is -0.396 e. The minimum atomic E-state index is 0.302. The molecule has 1 aliphatic heterocycles. The van der Waals surface area contributed by atoms with E-state index in [1.165, 1.54) is 11.5 Å². The molecule has 2 heterocycles. The number of hydrogen-bond donors (Lipinski definition) is 1. The SMILES string of the molecule is CCCc1cn2c(n1)CC(CO)CC2. The summed E-state index contributed by atoms with van der Waals surface area (Å²) < 4.78 is 2.25. The van der Waals surface area contributed by atoms with E-state index in [0.29, 0.717) is 12.5 Å². The molecule has 0 saturated carbocycles. The number of rotatable bonds is 3. The van der Waals surface area contributed by atoms with Crippen LogP contribution in [-0.2, 0) is 19.4 Å². The maximum Gasteiger partial charge on any atom is 0.109 e. The van der Waals surface area contributed by atoms with E-state index in [2.05, 4.69) is 22.7 Å². The lowest BCUT2D eigenvalue weighted by Crippen LogP contribution is -2.21. The first kappa shape index (κ1) is 9.71. The Labute approximate surface area is 84.8 Å². The van der Waals surface area contributed by atoms with Gasteiger partial charge in [-0.15, -0.1) is 0 Å². The van der Waals surface area contributed by atoms with Crippen LogP contribution in [-0.4, -0.2) is 21.3 Å². The summed E-state index contributed by atoms with van der Waals surface area (Å²) in [6.45, 7) is 3.50. The number of aromatic nitrogens is 2. The second kappa shape index (κ2) is 4.13. The van der Waals surface area contributed by atoms with E-state index in [-0.39, 0.29) is 0 Å². The van der Waals surface area contributed by atoms with E-state index in [9.17, 15) is 0 Å². The van der Waals surface area contributed by atoms with Crippen molar-refractivity contribution >= 4 is 0 Å². The predicted octanol–water partition coefficient (Wildman–Crippen LogP) is 1.39. The highest BCUT2D eigenvalue weighted by atomic mass is 16.3. The molecule has 0 aromatic carbocycles. The molecule has 1 atom stereocenters. The van der Waals surface area contributed by atoms with Crippen LogP contribution < -0.4 is 0 Å². The Morgan fingerprint density at radius 1 is 1.64 bits per heavy atom. The van der Waals surface area contributed by atoms with Gasteiger partial charge in [0.2, 0.25) is 0 Å². The topological polar surface area (TPSA) is 38.0 Å². The summed E-state index contributed by atoms with van der Waals surface area (Å²) in [5.74, 6) is 1.60. The molecule has 3 nitrogen and oxygen atoms in total. The van der Waals surface area contributed by atoms with Crippen molar-refractivity contribution in [2.75, 3.05) is 6.61 Å². The second-order valence-electron chi connectivity index (χ2n) is 4.13. The van der Waals surface area contributed by atoms with Crippen LogP contribution in [0.3, 0.4) is 0 Å². The van der Waals surface area contributed by atoms with E-state index in [0.717, 1.165) is 32.2 Å². The standard InChI is InChI=1S/C11H18N2O/c1-2-3-10-7-13-5-4-9(8-14)6-11(13)12-10/h7,9,14H,2-6,8H2,1H3. The highest BCUT2D eigenvalue weighted by Crippen LogP contribution is 2.20. The summed E-state index contributed by atoms with van der Waals surface area (Å²) in [6.07, 6.45) is 6.43. The minimum absolute atomic E-state index is 0.302. The number of aryl methyl sites for hydroxylation is 2. The van der Waals surface area contributed by atoms with Gasteiger partial charge in [0.1, 0.15) is 5.82 Å². The summed E-state index contributed by atoms with van der Waals surface area (Å²) in [6, 6.07) is 0. The summed E-state index contributed by atoms with van der Waals surface area (Å²) in [7, 11) is 0. The van der Waals surface area contributed by atoms with Gasteiger partial charge in [-0.3, -0.25) is 0 Å². The van der Waals surface area contributed by atoms with Crippen LogP contribution in [0.5, 0.6) is 0 Å². The van der Waals surface area contributed by atoms with Crippen LogP contribution >= 0.6 is 0 Å². The molecule has 2 rings (SSSR count). The fraction of sp³-hybridized carbons (Fsp3) is 0.727. The van der Waals surface area contributed by atoms with Gasteiger partial charge in [-0.1, -0.05) is 13.3 Å². The van der Waals surface area contributed by atoms with E-state index < -0.39 is 0 Å². The van der Waals surface area contributed by atoms with Crippen molar-refractivity contribution in [2.24, 2.45) is 5.92 Å². The summed E-state index contributed by atoms with van der Waals surface area (Å²) in [5, 5.41) is 9.09. The van der Waals surface area contributed by atoms with E-state index in [4.69, 9.17) is 5.11 Å². The summed E-state index contributed by atoms with van der Waals surface area (Å²) >= 11 is 0. The first-order chi connectivity index (χ1) is 6.83. The Kier molecular flexibility index (Phi) is 2.87. The molecule has 1 aromatic heterocycles. The molecule has 0 aliphatic carbocycles. The molecule has 0 fully saturated rings. The molecule has 0 amide bonds. The third-order valence-electron chi connectivity index (χ3n) is 2.92. The first-order valence-electron chi connectivity index (χ1n) is 5.49. The molecule has 1 N–H and O–H groups in total. The molecular weight excluding hydrogens is 176 g/mol. The van der Waals surface area contributed by atoms with Crippen molar-refractivity contribution in [3.63, 3.8) is 0 Å². The number of hydrogen-bond acceptors (Lipinski definition) is 2. The van der Waals surface area contributed by atoms with Crippen LogP contribution in [0.1, 0.15) is 31.3 Å². The number of aliphatic hydroxyl groups is 1. The van der Waals surface area contributed by atoms with Crippen molar-refractivity contribution in [3.8, 4) is 0 Å². The molecule has 1 aromatic rings.